The van der Waals surface area contributed by atoms with E-state index in [1.807, 2.05) is 12.4 Å². The Balaban J connectivity index is 1.65. The molecule has 4 heterocycles. The Labute approximate surface area is 158 Å². The number of aromatic nitrogens is 2. The molecule has 5 rings (SSSR count). The van der Waals surface area contributed by atoms with E-state index in [9.17, 15) is 0 Å². The van der Waals surface area contributed by atoms with E-state index in [-0.39, 0.29) is 6.04 Å². The highest BCUT2D eigenvalue weighted by molar-refractivity contribution is 5.89. The first-order valence-electron chi connectivity index (χ1n) is 9.77. The monoisotopic (exact) mass is 360 g/mol. The summed E-state index contributed by atoms with van der Waals surface area (Å²) >= 11 is 0. The molecule has 2 aromatic heterocycles. The molecule has 5 heteroatoms. The van der Waals surface area contributed by atoms with Crippen molar-refractivity contribution in [3.05, 3.63) is 52.8 Å². The first-order valence-corrected chi connectivity index (χ1v) is 9.77. The number of hydrogen-bond donors (Lipinski definition) is 2. The van der Waals surface area contributed by atoms with Gasteiger partial charge in [-0.15, -0.1) is 0 Å². The number of morpholine rings is 1. The molecule has 2 N–H and O–H groups in total. The molecule has 3 aromatic rings. The fourth-order valence-corrected chi connectivity index (χ4v) is 4.17. The Morgan fingerprint density at radius 2 is 2.19 bits per heavy atom. The zero-order chi connectivity index (χ0) is 18.2. The van der Waals surface area contributed by atoms with E-state index in [0.717, 1.165) is 38.2 Å². The van der Waals surface area contributed by atoms with Crippen molar-refractivity contribution >= 4 is 17.2 Å². The average Bonchev–Trinajstić information content (AvgIpc) is 3.16. The Kier molecular flexibility index (Phi) is 4.26. The van der Waals surface area contributed by atoms with Gasteiger partial charge in [0.05, 0.1) is 19.3 Å². The van der Waals surface area contributed by atoms with Gasteiger partial charge in [-0.05, 0) is 47.2 Å². The molecule has 0 radical (unpaired) electrons. The number of rotatable bonds is 3. The van der Waals surface area contributed by atoms with E-state index in [2.05, 4.69) is 51.6 Å². The van der Waals surface area contributed by atoms with Gasteiger partial charge in [0.1, 0.15) is 5.65 Å². The lowest BCUT2D eigenvalue weighted by Gasteiger charge is -2.28. The number of hydrogen-bond acceptors (Lipinski definition) is 4. The van der Waals surface area contributed by atoms with Gasteiger partial charge in [-0.2, -0.15) is 0 Å². The molecule has 0 amide bonds. The van der Waals surface area contributed by atoms with E-state index in [1.165, 1.54) is 38.8 Å². The molecule has 1 aromatic carbocycles. The van der Waals surface area contributed by atoms with Crippen LogP contribution in [0.25, 0.3) is 22.2 Å². The number of H-pyrrole nitrogens is 1. The van der Waals surface area contributed by atoms with Gasteiger partial charge in [0.25, 0.3) is 0 Å². The van der Waals surface area contributed by atoms with Gasteiger partial charge < -0.3 is 15.0 Å². The number of aryl methyl sites for hydroxylation is 1. The van der Waals surface area contributed by atoms with Crippen LogP contribution in [0.15, 0.2) is 35.6 Å². The quantitative estimate of drug-likeness (QED) is 0.752. The normalized spacial score (nSPS) is 19.4. The van der Waals surface area contributed by atoms with E-state index < -0.39 is 0 Å². The smallest absolute Gasteiger partial charge is 0.137 e. The predicted octanol–water partition coefficient (Wildman–Crippen LogP) is 3.43. The van der Waals surface area contributed by atoms with Crippen LogP contribution in [0, 0.1) is 0 Å². The number of nitrogens with zero attached hydrogens (tertiary/aromatic N) is 2. The van der Waals surface area contributed by atoms with Crippen molar-refractivity contribution in [1.29, 1.82) is 0 Å². The third kappa shape index (κ3) is 2.97. The molecule has 2 aliphatic heterocycles. The average molecular weight is 360 g/mol. The van der Waals surface area contributed by atoms with Gasteiger partial charge in [0.15, 0.2) is 0 Å². The summed E-state index contributed by atoms with van der Waals surface area (Å²) in [6.45, 7) is 5.41. The topological polar surface area (TPSA) is 62.3 Å². The number of aliphatic imine (C=N–C) groups is 1. The van der Waals surface area contributed by atoms with Crippen LogP contribution >= 0.6 is 0 Å². The van der Waals surface area contributed by atoms with Crippen LogP contribution < -0.4 is 5.32 Å². The van der Waals surface area contributed by atoms with Crippen molar-refractivity contribution in [2.24, 2.45) is 4.99 Å². The van der Waals surface area contributed by atoms with E-state index in [0.29, 0.717) is 6.61 Å². The van der Waals surface area contributed by atoms with Crippen LogP contribution in [0.4, 0.5) is 0 Å². The van der Waals surface area contributed by atoms with Gasteiger partial charge in [-0.25, -0.2) is 4.98 Å². The highest BCUT2D eigenvalue weighted by Crippen LogP contribution is 2.32. The fraction of sp³-hybridized carbons (Fsp3) is 0.364. The molecular weight excluding hydrogens is 336 g/mol. The lowest BCUT2D eigenvalue weighted by Crippen LogP contribution is -2.35. The maximum Gasteiger partial charge on any atom is 0.137 e. The highest BCUT2D eigenvalue weighted by Gasteiger charge is 2.22. The summed E-state index contributed by atoms with van der Waals surface area (Å²) in [5.41, 5.74) is 8.59. The maximum atomic E-state index is 5.73. The van der Waals surface area contributed by atoms with Crippen molar-refractivity contribution in [2.45, 2.75) is 25.8 Å². The first kappa shape index (κ1) is 16.7. The van der Waals surface area contributed by atoms with Crippen molar-refractivity contribution in [2.75, 3.05) is 26.3 Å². The SMILES string of the molecule is CCc1c[nH]c2ncc(-c3cc4c(c(C5COCCN5)c3)C=NCC4)cc12. The van der Waals surface area contributed by atoms with E-state index in [4.69, 9.17) is 4.74 Å². The minimum absolute atomic E-state index is 0.215. The lowest BCUT2D eigenvalue weighted by molar-refractivity contribution is 0.0768. The molecule has 0 spiro atoms. The van der Waals surface area contributed by atoms with E-state index >= 15 is 0 Å². The minimum Gasteiger partial charge on any atom is -0.378 e. The standard InChI is InChI=1S/C22H24N4O/c1-2-14-10-25-22-18(14)9-17(11-26-22)16-7-15-3-4-23-12-20(15)19(8-16)21-13-27-6-5-24-21/h7-12,21,24H,2-6,13H2,1H3,(H,25,26). The summed E-state index contributed by atoms with van der Waals surface area (Å²) in [6, 6.07) is 7.09. The zero-order valence-electron chi connectivity index (χ0n) is 15.6. The number of benzene rings is 1. The van der Waals surface area contributed by atoms with Gasteiger partial charge in [-0.1, -0.05) is 13.0 Å². The number of fused-ring (bicyclic) bond motifs is 2. The molecule has 1 saturated heterocycles. The second-order valence-electron chi connectivity index (χ2n) is 7.29. The van der Waals surface area contributed by atoms with Gasteiger partial charge in [0.2, 0.25) is 0 Å². The summed E-state index contributed by atoms with van der Waals surface area (Å²) < 4.78 is 5.73. The van der Waals surface area contributed by atoms with Gasteiger partial charge in [-0.3, -0.25) is 4.99 Å². The molecule has 0 saturated carbocycles. The van der Waals surface area contributed by atoms with Crippen molar-refractivity contribution < 1.29 is 4.74 Å². The molecule has 2 aliphatic rings. The summed E-state index contributed by atoms with van der Waals surface area (Å²) in [5, 5.41) is 4.82. The predicted molar refractivity (Wildman–Crippen MR) is 109 cm³/mol. The number of aromatic amines is 1. The van der Waals surface area contributed by atoms with Crippen LogP contribution in [0.2, 0.25) is 0 Å². The summed E-state index contributed by atoms with van der Waals surface area (Å²) in [4.78, 5) is 12.5. The van der Waals surface area contributed by atoms with Crippen LogP contribution in [0.5, 0.6) is 0 Å². The second-order valence-corrected chi connectivity index (χ2v) is 7.29. The highest BCUT2D eigenvalue weighted by atomic mass is 16.5. The maximum absolute atomic E-state index is 5.73. The third-order valence-electron chi connectivity index (χ3n) is 5.66. The second kappa shape index (κ2) is 6.91. The Hall–Kier alpha value is -2.50. The van der Waals surface area contributed by atoms with Crippen molar-refractivity contribution in [3.63, 3.8) is 0 Å². The Bertz CT molecular complexity index is 1010. The van der Waals surface area contributed by atoms with Crippen molar-refractivity contribution in [3.8, 4) is 11.1 Å². The molecule has 1 unspecified atom stereocenters. The van der Waals surface area contributed by atoms with Gasteiger partial charge >= 0.3 is 0 Å². The molecule has 27 heavy (non-hydrogen) atoms. The summed E-state index contributed by atoms with van der Waals surface area (Å²) in [7, 11) is 0. The fourth-order valence-electron chi connectivity index (χ4n) is 4.17. The molecule has 0 bridgehead atoms. The molecule has 5 nitrogen and oxygen atoms in total. The molecular formula is C22H24N4O. The third-order valence-corrected chi connectivity index (χ3v) is 5.66. The molecule has 138 valence electrons. The molecule has 1 fully saturated rings. The summed E-state index contributed by atoms with van der Waals surface area (Å²) in [5.74, 6) is 0. The van der Waals surface area contributed by atoms with Gasteiger partial charge in [0, 0.05) is 48.2 Å². The number of nitrogens with one attached hydrogen (secondary N) is 2. The number of ether oxygens (including phenoxy) is 1. The van der Waals surface area contributed by atoms with Crippen LogP contribution in [0.1, 0.15) is 35.2 Å². The van der Waals surface area contributed by atoms with Crippen LogP contribution in [0.3, 0.4) is 0 Å². The molecule has 0 aliphatic carbocycles. The minimum atomic E-state index is 0.215. The van der Waals surface area contributed by atoms with Crippen LogP contribution in [-0.2, 0) is 17.6 Å². The molecule has 1 atom stereocenters. The van der Waals surface area contributed by atoms with Crippen molar-refractivity contribution in [1.82, 2.24) is 15.3 Å². The Morgan fingerprint density at radius 1 is 1.22 bits per heavy atom. The first-order chi connectivity index (χ1) is 13.3. The number of pyridine rings is 1. The Morgan fingerprint density at radius 3 is 3.04 bits per heavy atom. The van der Waals surface area contributed by atoms with E-state index in [1.54, 1.807) is 0 Å². The largest absolute Gasteiger partial charge is 0.378 e. The van der Waals surface area contributed by atoms with Crippen LogP contribution in [-0.4, -0.2) is 42.5 Å². The zero-order valence-corrected chi connectivity index (χ0v) is 15.6. The lowest BCUT2D eigenvalue weighted by atomic mass is 9.89. The summed E-state index contributed by atoms with van der Waals surface area (Å²) in [6.07, 6.45) is 8.07.